The summed E-state index contributed by atoms with van der Waals surface area (Å²) in [6, 6.07) is 107. The smallest absolute Gasteiger partial charge is 0.0473 e. The molecule has 15 rings (SSSR count). The average molecular weight is 1110 g/mol. The van der Waals surface area contributed by atoms with Crippen molar-refractivity contribution in [2.45, 2.75) is 76.5 Å². The van der Waals surface area contributed by atoms with Gasteiger partial charge in [0.2, 0.25) is 0 Å². The highest BCUT2D eigenvalue weighted by Gasteiger charge is 2.46. The van der Waals surface area contributed by atoms with Crippen LogP contribution in [0, 0.1) is 0 Å². The van der Waals surface area contributed by atoms with Gasteiger partial charge in [-0.15, -0.1) is 0 Å². The summed E-state index contributed by atoms with van der Waals surface area (Å²) in [5.41, 5.74) is 30.3. The molecule has 2 nitrogen and oxygen atoms in total. The van der Waals surface area contributed by atoms with E-state index >= 15 is 0 Å². The van der Waals surface area contributed by atoms with E-state index in [-0.39, 0.29) is 21.7 Å². The van der Waals surface area contributed by atoms with Crippen molar-refractivity contribution in [2.75, 3.05) is 9.80 Å². The Morgan fingerprint density at radius 1 is 0.233 bits per heavy atom. The maximum absolute atomic E-state index is 2.54. The average Bonchev–Trinajstić information content (AvgIpc) is 1.80. The number of fused-ring (bicyclic) bond motifs is 7. The first-order valence-electron chi connectivity index (χ1n) is 30.6. The SMILES string of the molecule is CC1(C)CC(C)(c2ccc(N(c3cc(-c4ccccc4)cc(-c4ccccc4)c3)c3ccc4c(c3)C(C)(C)c3ccccc3-4)cc2)c2cc(N(c3cc(-c4ccccc4)cc(-c4ccccc4)c3)c3ccc4c(c3)C(C)(C)c3ccccc3-4)ccc21. The first kappa shape index (κ1) is 53.0. The van der Waals surface area contributed by atoms with Crippen molar-refractivity contribution in [3.8, 4) is 66.8 Å². The first-order chi connectivity index (χ1) is 41.7. The van der Waals surface area contributed by atoms with Gasteiger partial charge in [0.25, 0.3) is 0 Å². The minimum absolute atomic E-state index is 0.0876. The molecule has 1 unspecified atom stereocenters. The quantitative estimate of drug-likeness (QED) is 0.127. The van der Waals surface area contributed by atoms with E-state index in [1.807, 2.05) is 0 Å². The minimum Gasteiger partial charge on any atom is -0.310 e. The number of benzene rings is 12. The molecule has 3 aliphatic carbocycles. The minimum atomic E-state index is -0.316. The highest BCUT2D eigenvalue weighted by atomic mass is 15.1. The Labute approximate surface area is 508 Å². The standard InChI is InChI=1S/C84H70N2/c1-81(2)55-84(7,64-36-38-65(39-37-64)85(66-40-43-73-71-32-20-22-34-75(71)82(3,4)78(73)52-66)69-48-60(56-24-12-8-13-25-56)46-61(49-69)57-26-14-9-15-27-57)80-54-68(42-45-77(80)81)86(67-41-44-74-72-33-21-23-35-76(72)83(5,6)79(74)53-67)70-50-62(58-28-16-10-17-29-58)47-63(51-70)59-30-18-11-19-31-59/h8-54H,55H2,1-7H3. The summed E-state index contributed by atoms with van der Waals surface area (Å²) in [5, 5.41) is 0. The second-order valence-electron chi connectivity index (χ2n) is 26.1. The van der Waals surface area contributed by atoms with E-state index in [9.17, 15) is 0 Å². The summed E-state index contributed by atoms with van der Waals surface area (Å²) in [7, 11) is 0. The van der Waals surface area contributed by atoms with Crippen LogP contribution in [0.15, 0.2) is 285 Å². The van der Waals surface area contributed by atoms with Gasteiger partial charge in [0.1, 0.15) is 0 Å². The van der Waals surface area contributed by atoms with Crippen molar-refractivity contribution >= 4 is 34.1 Å². The molecule has 0 N–H and O–H groups in total. The van der Waals surface area contributed by atoms with Crippen LogP contribution in [0.4, 0.5) is 34.1 Å². The van der Waals surface area contributed by atoms with Crippen LogP contribution in [0.2, 0.25) is 0 Å². The normalized spacial score (nSPS) is 16.1. The fourth-order valence-electron chi connectivity index (χ4n) is 15.3. The highest BCUT2D eigenvalue weighted by Crippen LogP contribution is 2.57. The summed E-state index contributed by atoms with van der Waals surface area (Å²) in [6.07, 6.45) is 0.967. The van der Waals surface area contributed by atoms with Crippen LogP contribution in [0.3, 0.4) is 0 Å². The molecule has 3 aliphatic rings. The van der Waals surface area contributed by atoms with Gasteiger partial charge in [-0.1, -0.05) is 249 Å². The van der Waals surface area contributed by atoms with Gasteiger partial charge in [-0.3, -0.25) is 0 Å². The molecule has 1 atom stereocenters. The Kier molecular flexibility index (Phi) is 12.5. The molecule has 0 bridgehead atoms. The third kappa shape index (κ3) is 8.76. The Morgan fingerprint density at radius 3 is 0.965 bits per heavy atom. The van der Waals surface area contributed by atoms with Gasteiger partial charge in [-0.05, 0) is 202 Å². The molecular formula is C84H70N2. The molecule has 0 heterocycles. The number of rotatable bonds is 11. The molecule has 416 valence electrons. The fraction of sp³-hybridized carbons (Fsp3) is 0.143. The van der Waals surface area contributed by atoms with Gasteiger partial charge < -0.3 is 9.80 Å². The molecule has 12 aromatic rings. The van der Waals surface area contributed by atoms with E-state index in [0.717, 1.165) is 40.5 Å². The molecular weight excluding hydrogens is 1040 g/mol. The van der Waals surface area contributed by atoms with Crippen LogP contribution in [0.5, 0.6) is 0 Å². The molecule has 12 aromatic carbocycles. The lowest BCUT2D eigenvalue weighted by Crippen LogP contribution is -2.24. The van der Waals surface area contributed by atoms with Crippen LogP contribution in [-0.2, 0) is 21.7 Å². The van der Waals surface area contributed by atoms with E-state index in [1.165, 1.54) is 106 Å². The molecule has 0 radical (unpaired) electrons. The second kappa shape index (κ2) is 20.2. The summed E-state index contributed by atoms with van der Waals surface area (Å²) >= 11 is 0. The predicted molar refractivity (Wildman–Crippen MR) is 363 cm³/mol. The Bertz CT molecular complexity index is 4460. The van der Waals surface area contributed by atoms with Gasteiger partial charge >= 0.3 is 0 Å². The maximum atomic E-state index is 2.54. The summed E-state index contributed by atoms with van der Waals surface area (Å²) in [6.45, 7) is 16.9. The second-order valence-corrected chi connectivity index (χ2v) is 26.1. The monoisotopic (exact) mass is 1110 g/mol. The van der Waals surface area contributed by atoms with Crippen molar-refractivity contribution in [1.29, 1.82) is 0 Å². The van der Waals surface area contributed by atoms with Gasteiger partial charge in [-0.25, -0.2) is 0 Å². The lowest BCUT2D eigenvalue weighted by Gasteiger charge is -2.32. The van der Waals surface area contributed by atoms with Crippen molar-refractivity contribution in [3.05, 3.63) is 324 Å². The molecule has 0 spiro atoms. The van der Waals surface area contributed by atoms with E-state index < -0.39 is 0 Å². The number of nitrogens with zero attached hydrogens (tertiary/aromatic N) is 2. The molecule has 0 amide bonds. The van der Waals surface area contributed by atoms with E-state index in [0.29, 0.717) is 0 Å². The number of hydrogen-bond acceptors (Lipinski definition) is 2. The Hall–Kier alpha value is -9.76. The third-order valence-electron chi connectivity index (χ3n) is 19.6. The van der Waals surface area contributed by atoms with Crippen LogP contribution >= 0.6 is 0 Å². The van der Waals surface area contributed by atoms with E-state index in [2.05, 4.69) is 343 Å². The molecule has 86 heavy (non-hydrogen) atoms. The molecule has 0 aliphatic heterocycles. The molecule has 0 saturated heterocycles. The van der Waals surface area contributed by atoms with Crippen LogP contribution < -0.4 is 9.80 Å². The van der Waals surface area contributed by atoms with Crippen LogP contribution in [-0.4, -0.2) is 0 Å². The van der Waals surface area contributed by atoms with Gasteiger partial charge in [0.05, 0.1) is 0 Å². The lowest BCUT2D eigenvalue weighted by molar-refractivity contribution is 0.425. The number of hydrogen-bond donors (Lipinski definition) is 0. The maximum Gasteiger partial charge on any atom is 0.0473 e. The van der Waals surface area contributed by atoms with Gasteiger partial charge in [-0.2, -0.15) is 0 Å². The zero-order chi connectivity index (χ0) is 58.5. The van der Waals surface area contributed by atoms with E-state index in [1.54, 1.807) is 0 Å². The Balaban J connectivity index is 0.889. The highest BCUT2D eigenvalue weighted by molar-refractivity contribution is 5.91. The van der Waals surface area contributed by atoms with Crippen LogP contribution in [0.25, 0.3) is 66.8 Å². The van der Waals surface area contributed by atoms with Crippen molar-refractivity contribution < 1.29 is 0 Å². The topological polar surface area (TPSA) is 6.48 Å². The lowest BCUT2D eigenvalue weighted by atomic mass is 9.75. The largest absolute Gasteiger partial charge is 0.310 e. The molecule has 0 aromatic heterocycles. The van der Waals surface area contributed by atoms with Crippen LogP contribution in [0.1, 0.15) is 93.8 Å². The Morgan fingerprint density at radius 2 is 0.558 bits per heavy atom. The van der Waals surface area contributed by atoms with Crippen molar-refractivity contribution in [1.82, 2.24) is 0 Å². The van der Waals surface area contributed by atoms with Crippen molar-refractivity contribution in [2.24, 2.45) is 0 Å². The number of anilines is 6. The first-order valence-corrected chi connectivity index (χ1v) is 30.6. The zero-order valence-corrected chi connectivity index (χ0v) is 50.2. The third-order valence-corrected chi connectivity index (χ3v) is 19.6. The van der Waals surface area contributed by atoms with Gasteiger partial charge in [0.15, 0.2) is 0 Å². The van der Waals surface area contributed by atoms with E-state index in [4.69, 9.17) is 0 Å². The fourth-order valence-corrected chi connectivity index (χ4v) is 15.3. The van der Waals surface area contributed by atoms with Crippen molar-refractivity contribution in [3.63, 3.8) is 0 Å². The molecule has 0 saturated carbocycles. The molecule has 2 heteroatoms. The molecule has 0 fully saturated rings. The summed E-state index contributed by atoms with van der Waals surface area (Å²) in [4.78, 5) is 5.03. The zero-order valence-electron chi connectivity index (χ0n) is 50.2. The summed E-state index contributed by atoms with van der Waals surface area (Å²) < 4.78 is 0. The summed E-state index contributed by atoms with van der Waals surface area (Å²) in [5.74, 6) is 0. The predicted octanol–water partition coefficient (Wildman–Crippen LogP) is 22.9. The van der Waals surface area contributed by atoms with Gasteiger partial charge in [0, 0.05) is 50.4 Å².